The van der Waals surface area contributed by atoms with Crippen molar-refractivity contribution < 1.29 is 14.3 Å². The summed E-state index contributed by atoms with van der Waals surface area (Å²) in [4.78, 5) is 25.7. The van der Waals surface area contributed by atoms with E-state index in [1.54, 1.807) is 13.2 Å². The average molecular weight is 294 g/mol. The van der Waals surface area contributed by atoms with E-state index < -0.39 is 0 Å². The summed E-state index contributed by atoms with van der Waals surface area (Å²) in [6, 6.07) is 7.42. The van der Waals surface area contributed by atoms with E-state index in [2.05, 4.69) is 12.2 Å². The number of rotatable bonds is 2. The standard InChI is InChI=1S/C19H18O3/c1-22-16-5-3-2-4-13(16)14-10-15(20)17-11-6-8-12(9-7-11)18(17)19(14)21/h2-6,8,10-12,17-18H,7,9H2,1H3. The molecule has 1 aromatic carbocycles. The van der Waals surface area contributed by atoms with Crippen LogP contribution in [0.25, 0.3) is 5.57 Å². The van der Waals surface area contributed by atoms with Gasteiger partial charge in [0.25, 0.3) is 0 Å². The molecule has 0 N–H and O–H groups in total. The van der Waals surface area contributed by atoms with Crippen LogP contribution in [0.5, 0.6) is 5.75 Å². The van der Waals surface area contributed by atoms with E-state index in [0.29, 0.717) is 11.3 Å². The lowest BCUT2D eigenvalue weighted by Crippen LogP contribution is -2.47. The van der Waals surface area contributed by atoms with E-state index in [1.165, 1.54) is 0 Å². The molecule has 3 heteroatoms. The number of hydrogen-bond donors (Lipinski definition) is 0. The number of carbonyl (C=O) groups excluding carboxylic acids is 2. The number of ketones is 2. The van der Waals surface area contributed by atoms with E-state index >= 15 is 0 Å². The fraction of sp³-hybridized carbons (Fsp3) is 0.368. The summed E-state index contributed by atoms with van der Waals surface area (Å²) < 4.78 is 5.36. The molecule has 22 heavy (non-hydrogen) atoms. The van der Waals surface area contributed by atoms with Crippen molar-refractivity contribution in [1.82, 2.24) is 0 Å². The molecule has 4 aliphatic carbocycles. The van der Waals surface area contributed by atoms with Crippen molar-refractivity contribution in [2.75, 3.05) is 7.11 Å². The van der Waals surface area contributed by atoms with Crippen molar-refractivity contribution in [3.63, 3.8) is 0 Å². The SMILES string of the molecule is COc1ccccc1C1=CC(=O)C2C3C=CC(CC3)C2C1=O. The zero-order valence-corrected chi connectivity index (χ0v) is 12.5. The smallest absolute Gasteiger partial charge is 0.168 e. The molecule has 1 fully saturated rings. The van der Waals surface area contributed by atoms with Crippen LogP contribution in [-0.4, -0.2) is 18.7 Å². The van der Waals surface area contributed by atoms with Crippen LogP contribution in [0.4, 0.5) is 0 Å². The summed E-state index contributed by atoms with van der Waals surface area (Å²) in [5, 5.41) is 0. The summed E-state index contributed by atoms with van der Waals surface area (Å²) >= 11 is 0. The fourth-order valence-corrected chi connectivity index (χ4v) is 4.31. The maximum atomic E-state index is 13.1. The third kappa shape index (κ3) is 1.81. The van der Waals surface area contributed by atoms with Gasteiger partial charge in [-0.2, -0.15) is 0 Å². The molecule has 0 aromatic heterocycles. The number of benzene rings is 1. The molecule has 4 aliphatic rings. The van der Waals surface area contributed by atoms with Crippen LogP contribution >= 0.6 is 0 Å². The Morgan fingerprint density at radius 1 is 1.00 bits per heavy atom. The molecule has 0 radical (unpaired) electrons. The maximum Gasteiger partial charge on any atom is 0.168 e. The minimum absolute atomic E-state index is 0.101. The highest BCUT2D eigenvalue weighted by Gasteiger charge is 2.50. The van der Waals surface area contributed by atoms with Crippen LogP contribution < -0.4 is 4.74 Å². The molecule has 0 spiro atoms. The molecule has 0 aliphatic heterocycles. The lowest BCUT2D eigenvalue weighted by Gasteiger charge is -2.45. The lowest BCUT2D eigenvalue weighted by molar-refractivity contribution is -0.133. The molecule has 3 nitrogen and oxygen atoms in total. The Balaban J connectivity index is 1.81. The summed E-state index contributed by atoms with van der Waals surface area (Å²) in [7, 11) is 1.59. The second-order valence-corrected chi connectivity index (χ2v) is 6.37. The largest absolute Gasteiger partial charge is 0.496 e. The van der Waals surface area contributed by atoms with Gasteiger partial charge in [0.05, 0.1) is 7.11 Å². The van der Waals surface area contributed by atoms with E-state index in [-0.39, 0.29) is 35.2 Å². The van der Waals surface area contributed by atoms with Gasteiger partial charge < -0.3 is 4.74 Å². The Morgan fingerprint density at radius 2 is 1.68 bits per heavy atom. The Morgan fingerprint density at radius 3 is 2.36 bits per heavy atom. The van der Waals surface area contributed by atoms with Crippen molar-refractivity contribution in [3.8, 4) is 5.75 Å². The molecule has 1 saturated carbocycles. The first-order chi connectivity index (χ1) is 10.7. The van der Waals surface area contributed by atoms with Crippen molar-refractivity contribution in [2.45, 2.75) is 12.8 Å². The van der Waals surface area contributed by atoms with Gasteiger partial charge in [-0.3, -0.25) is 9.59 Å². The molecule has 0 saturated heterocycles. The lowest BCUT2D eigenvalue weighted by atomic mass is 9.57. The summed E-state index contributed by atoms with van der Waals surface area (Å²) in [5.74, 6) is 0.977. The minimum Gasteiger partial charge on any atom is -0.496 e. The van der Waals surface area contributed by atoms with Crippen molar-refractivity contribution in [3.05, 3.63) is 48.1 Å². The van der Waals surface area contributed by atoms with Gasteiger partial charge in [0.2, 0.25) is 0 Å². The Hall–Kier alpha value is -2.16. The van der Waals surface area contributed by atoms with Gasteiger partial charge in [-0.05, 0) is 36.8 Å². The predicted molar refractivity (Wildman–Crippen MR) is 83.3 cm³/mol. The summed E-state index contributed by atoms with van der Waals surface area (Å²) in [6.45, 7) is 0. The van der Waals surface area contributed by atoms with Crippen LogP contribution in [0.15, 0.2) is 42.5 Å². The van der Waals surface area contributed by atoms with Gasteiger partial charge in [0.15, 0.2) is 11.6 Å². The number of methoxy groups -OCH3 is 1. The summed E-state index contributed by atoms with van der Waals surface area (Å²) in [5.41, 5.74) is 1.25. The van der Waals surface area contributed by atoms with Crippen LogP contribution in [0.2, 0.25) is 0 Å². The van der Waals surface area contributed by atoms with Crippen LogP contribution in [0.3, 0.4) is 0 Å². The first-order valence-electron chi connectivity index (χ1n) is 7.82. The fourth-order valence-electron chi connectivity index (χ4n) is 4.31. The van der Waals surface area contributed by atoms with Gasteiger partial charge in [-0.25, -0.2) is 0 Å². The van der Waals surface area contributed by atoms with Crippen molar-refractivity contribution >= 4 is 17.1 Å². The van der Waals surface area contributed by atoms with Crippen LogP contribution in [-0.2, 0) is 9.59 Å². The maximum absolute atomic E-state index is 13.1. The first kappa shape index (κ1) is 13.5. The molecule has 112 valence electrons. The molecule has 1 aromatic rings. The van der Waals surface area contributed by atoms with E-state index in [9.17, 15) is 9.59 Å². The molecule has 2 bridgehead atoms. The molecular weight excluding hydrogens is 276 g/mol. The number of para-hydroxylation sites is 1. The van der Waals surface area contributed by atoms with Crippen LogP contribution in [0.1, 0.15) is 18.4 Å². The van der Waals surface area contributed by atoms with Crippen molar-refractivity contribution in [1.29, 1.82) is 0 Å². The highest BCUT2D eigenvalue weighted by Crippen LogP contribution is 2.49. The Kier molecular flexibility index (Phi) is 3.03. The third-order valence-electron chi connectivity index (χ3n) is 5.33. The van der Waals surface area contributed by atoms with E-state index in [1.807, 2.05) is 24.3 Å². The number of allylic oxidation sites excluding steroid dienone is 4. The second kappa shape index (κ2) is 4.94. The number of carbonyl (C=O) groups is 2. The van der Waals surface area contributed by atoms with Gasteiger partial charge in [-0.15, -0.1) is 0 Å². The highest BCUT2D eigenvalue weighted by atomic mass is 16.5. The number of hydrogen-bond acceptors (Lipinski definition) is 3. The Labute approximate surface area is 129 Å². The summed E-state index contributed by atoms with van der Waals surface area (Å²) in [6.07, 6.45) is 7.88. The zero-order valence-electron chi connectivity index (χ0n) is 12.5. The van der Waals surface area contributed by atoms with Crippen LogP contribution in [0, 0.1) is 23.7 Å². The van der Waals surface area contributed by atoms with Crippen molar-refractivity contribution in [2.24, 2.45) is 23.7 Å². The third-order valence-corrected chi connectivity index (χ3v) is 5.33. The topological polar surface area (TPSA) is 43.4 Å². The zero-order chi connectivity index (χ0) is 15.3. The molecule has 5 rings (SSSR count). The van der Waals surface area contributed by atoms with Gasteiger partial charge in [-0.1, -0.05) is 30.4 Å². The quantitative estimate of drug-likeness (QED) is 0.787. The Bertz CT molecular complexity index is 713. The number of ether oxygens (including phenoxy) is 1. The number of fused-ring (bicyclic) bond motifs is 1. The number of Topliss-reactive ketones (excluding diaryl/α,β-unsaturated/α-hetero) is 1. The van der Waals surface area contributed by atoms with Gasteiger partial charge >= 0.3 is 0 Å². The predicted octanol–water partition coefficient (Wildman–Crippen LogP) is 3.06. The minimum atomic E-state index is -0.179. The van der Waals surface area contributed by atoms with Gasteiger partial charge in [0, 0.05) is 23.0 Å². The van der Waals surface area contributed by atoms with E-state index in [0.717, 1.165) is 18.4 Å². The van der Waals surface area contributed by atoms with Gasteiger partial charge in [0.1, 0.15) is 5.75 Å². The highest BCUT2D eigenvalue weighted by molar-refractivity contribution is 6.30. The average Bonchev–Trinajstić information content (AvgIpc) is 2.58. The molecule has 4 unspecified atom stereocenters. The monoisotopic (exact) mass is 294 g/mol. The molecule has 0 heterocycles. The second-order valence-electron chi connectivity index (χ2n) is 6.37. The molecule has 0 amide bonds. The molecule has 4 atom stereocenters. The normalized spacial score (nSPS) is 32.7. The first-order valence-corrected chi connectivity index (χ1v) is 7.82. The molecular formula is C19H18O3. The van der Waals surface area contributed by atoms with E-state index in [4.69, 9.17) is 4.74 Å².